The second-order valence-electron chi connectivity index (χ2n) is 1.99. The summed E-state index contributed by atoms with van der Waals surface area (Å²) in [6.45, 7) is -0.163. The molecule has 15 heavy (non-hydrogen) atoms. The second-order valence-corrected chi connectivity index (χ2v) is 1.99. The number of hydrogen-bond acceptors (Lipinski definition) is 6. The molecule has 0 bridgehead atoms. The zero-order valence-corrected chi connectivity index (χ0v) is 7.47. The van der Waals surface area contributed by atoms with E-state index >= 15 is 0 Å². The van der Waals surface area contributed by atoms with Gasteiger partial charge in [-0.3, -0.25) is 0 Å². The maximum atomic E-state index is 10.4. The first-order valence-electron chi connectivity index (χ1n) is 3.70. The van der Waals surface area contributed by atoms with Gasteiger partial charge in [0.2, 0.25) is 12.2 Å². The van der Waals surface area contributed by atoms with E-state index in [9.17, 15) is 19.2 Å². The highest BCUT2D eigenvalue weighted by Crippen LogP contribution is 1.90. The third kappa shape index (κ3) is 8.04. The maximum Gasteiger partial charge on any atom is 0.444 e. The number of isocyanates is 2. The van der Waals surface area contributed by atoms with Crippen molar-refractivity contribution in [2.45, 2.75) is 6.42 Å². The largest absolute Gasteiger partial charge is 0.447 e. The van der Waals surface area contributed by atoms with E-state index in [4.69, 9.17) is 0 Å². The third-order valence-corrected chi connectivity index (χ3v) is 1.01. The molecular formula is C7H6N2O6. The standard InChI is InChI=1S/C7H6N2O6/c10-4-8-6(12)14-2-1-3-15-7(13)9-5-11/h1-3H2. The molecule has 0 rings (SSSR count). The predicted octanol–water partition coefficient (Wildman–Crippen LogP) is 0.321. The number of aliphatic imine (C=N–C) groups is 2. The van der Waals surface area contributed by atoms with Crippen LogP contribution in [0.4, 0.5) is 9.59 Å². The first-order valence-corrected chi connectivity index (χ1v) is 3.70. The highest BCUT2D eigenvalue weighted by atomic mass is 16.6. The molecule has 8 heteroatoms. The van der Waals surface area contributed by atoms with Crippen molar-refractivity contribution < 1.29 is 28.7 Å². The monoisotopic (exact) mass is 214 g/mol. The Morgan fingerprint density at radius 3 is 1.67 bits per heavy atom. The maximum absolute atomic E-state index is 10.4. The van der Waals surface area contributed by atoms with Gasteiger partial charge < -0.3 is 9.47 Å². The van der Waals surface area contributed by atoms with Crippen LogP contribution in [-0.2, 0) is 19.1 Å². The van der Waals surface area contributed by atoms with Crippen molar-refractivity contribution in [3.8, 4) is 0 Å². The number of carbonyl (C=O) groups is 2. The lowest BCUT2D eigenvalue weighted by molar-refractivity contribution is 0.129. The van der Waals surface area contributed by atoms with Crippen LogP contribution in [-0.4, -0.2) is 37.6 Å². The fraction of sp³-hybridized carbons (Fsp3) is 0.429. The Kier molecular flexibility index (Phi) is 7.03. The molecule has 0 saturated carbocycles. The number of carbonyl (C=O) groups excluding carboxylic acids is 4. The average molecular weight is 214 g/mol. The van der Waals surface area contributed by atoms with E-state index in [1.54, 1.807) is 0 Å². The van der Waals surface area contributed by atoms with Crippen LogP contribution in [0.15, 0.2) is 9.98 Å². The lowest BCUT2D eigenvalue weighted by atomic mass is 10.5. The predicted molar refractivity (Wildman–Crippen MR) is 43.6 cm³/mol. The van der Waals surface area contributed by atoms with Crippen molar-refractivity contribution in [3.63, 3.8) is 0 Å². The SMILES string of the molecule is O=C=NC(=O)OCCCOC(=O)N=C=O. The Morgan fingerprint density at radius 1 is 0.933 bits per heavy atom. The minimum Gasteiger partial charge on any atom is -0.447 e. The Hall–Kier alpha value is -2.30. The summed E-state index contributed by atoms with van der Waals surface area (Å²) >= 11 is 0. The molecule has 0 heterocycles. The molecule has 0 aromatic carbocycles. The molecule has 0 saturated heterocycles. The molecule has 0 aliphatic carbocycles. The number of hydrogen-bond donors (Lipinski definition) is 0. The molecule has 0 aromatic heterocycles. The molecule has 0 aliphatic heterocycles. The summed E-state index contributed by atoms with van der Waals surface area (Å²) in [4.78, 5) is 45.2. The highest BCUT2D eigenvalue weighted by Gasteiger charge is 2.00. The third-order valence-electron chi connectivity index (χ3n) is 1.01. The van der Waals surface area contributed by atoms with Crippen LogP contribution >= 0.6 is 0 Å². The smallest absolute Gasteiger partial charge is 0.444 e. The minimum absolute atomic E-state index is 0.0813. The van der Waals surface area contributed by atoms with Crippen molar-refractivity contribution in [2.75, 3.05) is 13.2 Å². The summed E-state index contributed by atoms with van der Waals surface area (Å²) in [5, 5.41) is 0. The van der Waals surface area contributed by atoms with Gasteiger partial charge in [-0.15, -0.1) is 0 Å². The Labute approximate surface area is 83.6 Å². The van der Waals surface area contributed by atoms with Gasteiger partial charge in [0.05, 0.1) is 13.2 Å². The molecule has 0 radical (unpaired) electrons. The fourth-order valence-corrected chi connectivity index (χ4v) is 0.517. The lowest BCUT2D eigenvalue weighted by Gasteiger charge is -2.00. The van der Waals surface area contributed by atoms with Crippen molar-refractivity contribution in [2.24, 2.45) is 9.98 Å². The van der Waals surface area contributed by atoms with Crippen LogP contribution < -0.4 is 0 Å². The van der Waals surface area contributed by atoms with Crippen molar-refractivity contribution in [1.82, 2.24) is 0 Å². The van der Waals surface area contributed by atoms with Gasteiger partial charge >= 0.3 is 12.2 Å². The summed E-state index contributed by atoms with van der Waals surface area (Å²) in [6, 6.07) is 0. The fourth-order valence-electron chi connectivity index (χ4n) is 0.517. The van der Waals surface area contributed by atoms with Gasteiger partial charge in [0.1, 0.15) is 0 Å². The van der Waals surface area contributed by atoms with Crippen molar-refractivity contribution in [3.05, 3.63) is 0 Å². The van der Waals surface area contributed by atoms with Crippen LogP contribution in [0.25, 0.3) is 0 Å². The van der Waals surface area contributed by atoms with E-state index < -0.39 is 12.2 Å². The van der Waals surface area contributed by atoms with E-state index in [1.165, 1.54) is 0 Å². The summed E-state index contributed by atoms with van der Waals surface area (Å²) in [6.07, 6.45) is 0.0608. The number of ether oxygens (including phenoxy) is 2. The van der Waals surface area contributed by atoms with E-state index in [0.717, 1.165) is 12.2 Å². The molecule has 0 N–H and O–H groups in total. The Bertz CT molecular complexity index is 294. The van der Waals surface area contributed by atoms with Crippen LogP contribution in [0.1, 0.15) is 6.42 Å². The van der Waals surface area contributed by atoms with Crippen LogP contribution in [0.2, 0.25) is 0 Å². The zero-order chi connectivity index (χ0) is 11.5. The second kappa shape index (κ2) is 8.31. The van der Waals surface area contributed by atoms with Gasteiger partial charge in [-0.25, -0.2) is 19.2 Å². The molecule has 0 unspecified atom stereocenters. The highest BCUT2D eigenvalue weighted by molar-refractivity contribution is 5.74. The first-order chi connectivity index (χ1) is 7.20. The first kappa shape index (κ1) is 12.7. The van der Waals surface area contributed by atoms with Gasteiger partial charge in [0, 0.05) is 6.42 Å². The molecular weight excluding hydrogens is 208 g/mol. The molecule has 0 aromatic rings. The van der Waals surface area contributed by atoms with E-state index in [2.05, 4.69) is 19.5 Å². The quantitative estimate of drug-likeness (QED) is 0.378. The Morgan fingerprint density at radius 2 is 1.33 bits per heavy atom. The number of rotatable bonds is 4. The Balaban J connectivity index is 3.47. The summed E-state index contributed by atoms with van der Waals surface area (Å²) < 4.78 is 8.71. The lowest BCUT2D eigenvalue weighted by Crippen LogP contribution is -2.06. The number of amides is 2. The molecule has 0 spiro atoms. The molecule has 0 aliphatic rings. The van der Waals surface area contributed by atoms with E-state index in [-0.39, 0.29) is 19.6 Å². The van der Waals surface area contributed by atoms with Gasteiger partial charge in [0.25, 0.3) is 0 Å². The topological polar surface area (TPSA) is 111 Å². The normalized spacial score (nSPS) is 8.00. The molecule has 8 nitrogen and oxygen atoms in total. The average Bonchev–Trinajstić information content (AvgIpc) is 2.18. The number of nitrogens with zero attached hydrogens (tertiary/aromatic N) is 2. The van der Waals surface area contributed by atoms with E-state index in [0.29, 0.717) is 0 Å². The molecule has 80 valence electrons. The van der Waals surface area contributed by atoms with Crippen molar-refractivity contribution in [1.29, 1.82) is 0 Å². The molecule has 0 atom stereocenters. The van der Waals surface area contributed by atoms with Gasteiger partial charge in [-0.1, -0.05) is 9.98 Å². The van der Waals surface area contributed by atoms with Gasteiger partial charge in [0.15, 0.2) is 0 Å². The summed E-state index contributed by atoms with van der Waals surface area (Å²) in [7, 11) is 0. The summed E-state index contributed by atoms with van der Waals surface area (Å²) in [5.41, 5.74) is 0. The molecule has 0 fully saturated rings. The van der Waals surface area contributed by atoms with Crippen LogP contribution in [0, 0.1) is 0 Å². The van der Waals surface area contributed by atoms with Crippen molar-refractivity contribution >= 4 is 24.3 Å². The minimum atomic E-state index is -1.07. The van der Waals surface area contributed by atoms with Crippen LogP contribution in [0.5, 0.6) is 0 Å². The summed E-state index contributed by atoms with van der Waals surface area (Å²) in [5.74, 6) is 0. The van der Waals surface area contributed by atoms with Crippen LogP contribution in [0.3, 0.4) is 0 Å². The zero-order valence-electron chi connectivity index (χ0n) is 7.47. The van der Waals surface area contributed by atoms with E-state index in [1.807, 2.05) is 0 Å². The van der Waals surface area contributed by atoms with Gasteiger partial charge in [-0.2, -0.15) is 0 Å². The van der Waals surface area contributed by atoms with Gasteiger partial charge in [-0.05, 0) is 0 Å². The molecule has 2 amide bonds.